The van der Waals surface area contributed by atoms with E-state index in [0.717, 1.165) is 24.3 Å². The number of hydrogen-bond acceptors (Lipinski definition) is 6. The molecule has 12 heteroatoms. The molecule has 0 saturated carbocycles. The number of rotatable bonds is 2. The summed E-state index contributed by atoms with van der Waals surface area (Å²) in [4.78, 5) is 7.49. The molecule has 2 N–H and O–H groups in total. The standard InChI is InChI=1S/C12H6F2N2.C7H2BrF2N.C5H6BNO2/c13-11-6-10(8-1-3-16-4-2-8)12(14)5-9(11)7-15;8-5-2-6(9)4(3-11)1-7(5)10;8-6(9)5-1-3-7-4-2-5/h1-6H;1-2H;1-4,8-9H. The summed E-state index contributed by atoms with van der Waals surface area (Å²) >= 11 is 2.78. The summed E-state index contributed by atoms with van der Waals surface area (Å²) < 4.78 is 52.1. The average molecular weight is 557 g/mol. The lowest BCUT2D eigenvalue weighted by atomic mass is 9.81. The van der Waals surface area contributed by atoms with Crippen molar-refractivity contribution in [2.75, 3.05) is 0 Å². The van der Waals surface area contributed by atoms with E-state index in [-0.39, 0.29) is 21.2 Å². The van der Waals surface area contributed by atoms with Gasteiger partial charge in [-0.3, -0.25) is 9.97 Å². The second kappa shape index (κ2) is 13.7. The van der Waals surface area contributed by atoms with Crippen molar-refractivity contribution < 1.29 is 27.6 Å². The van der Waals surface area contributed by atoms with Crippen LogP contribution in [-0.4, -0.2) is 27.1 Å². The van der Waals surface area contributed by atoms with Gasteiger partial charge in [0.25, 0.3) is 0 Å². The van der Waals surface area contributed by atoms with Gasteiger partial charge in [0.2, 0.25) is 0 Å². The third-order valence-electron chi connectivity index (χ3n) is 4.30. The van der Waals surface area contributed by atoms with Crippen LogP contribution in [0.3, 0.4) is 0 Å². The first-order chi connectivity index (χ1) is 17.2. The zero-order chi connectivity index (χ0) is 26.7. The van der Waals surface area contributed by atoms with Crippen LogP contribution >= 0.6 is 15.9 Å². The molecule has 0 aliphatic carbocycles. The number of nitriles is 2. The zero-order valence-electron chi connectivity index (χ0n) is 18.1. The van der Waals surface area contributed by atoms with Gasteiger partial charge >= 0.3 is 7.12 Å². The second-order valence-electron chi connectivity index (χ2n) is 6.67. The number of hydrogen-bond donors (Lipinski definition) is 2. The Labute approximate surface area is 212 Å². The van der Waals surface area contributed by atoms with Gasteiger partial charge in [-0.1, -0.05) is 0 Å². The van der Waals surface area contributed by atoms with Gasteiger partial charge in [0.05, 0.1) is 15.6 Å². The molecule has 36 heavy (non-hydrogen) atoms. The molecule has 0 bridgehead atoms. The lowest BCUT2D eigenvalue weighted by Crippen LogP contribution is -2.29. The van der Waals surface area contributed by atoms with Crippen LogP contribution in [0.25, 0.3) is 11.1 Å². The molecule has 0 spiro atoms. The van der Waals surface area contributed by atoms with Crippen LogP contribution in [0.1, 0.15) is 11.1 Å². The van der Waals surface area contributed by atoms with E-state index in [1.54, 1.807) is 30.3 Å². The van der Waals surface area contributed by atoms with Crippen LogP contribution in [0.4, 0.5) is 17.6 Å². The van der Waals surface area contributed by atoms with E-state index in [1.807, 2.05) is 0 Å². The molecule has 0 aliphatic heterocycles. The third kappa shape index (κ3) is 7.99. The lowest BCUT2D eigenvalue weighted by Gasteiger charge is -2.04. The Balaban J connectivity index is 0.000000200. The summed E-state index contributed by atoms with van der Waals surface area (Å²) in [6, 6.07) is 13.0. The Kier molecular flexibility index (Phi) is 10.7. The summed E-state index contributed by atoms with van der Waals surface area (Å²) in [6.07, 6.45) is 6.00. The van der Waals surface area contributed by atoms with Gasteiger partial charge in [-0.15, -0.1) is 0 Å². The quantitative estimate of drug-likeness (QED) is 0.217. The number of halogens is 5. The van der Waals surface area contributed by atoms with Crippen molar-refractivity contribution in [1.82, 2.24) is 9.97 Å². The number of aromatic nitrogens is 2. The Bertz CT molecular complexity index is 1400. The molecule has 6 nitrogen and oxygen atoms in total. The molecule has 180 valence electrons. The van der Waals surface area contributed by atoms with E-state index in [4.69, 9.17) is 20.6 Å². The number of pyridine rings is 2. The lowest BCUT2D eigenvalue weighted by molar-refractivity contribution is 0.425. The van der Waals surface area contributed by atoms with Crippen LogP contribution in [0, 0.1) is 45.9 Å². The van der Waals surface area contributed by atoms with Crippen LogP contribution in [-0.2, 0) is 0 Å². The minimum atomic E-state index is -1.38. The largest absolute Gasteiger partial charge is 0.488 e. The maximum atomic E-state index is 13.6. The highest BCUT2D eigenvalue weighted by atomic mass is 79.9. The number of benzene rings is 2. The normalized spacial score (nSPS) is 9.47. The SMILES string of the molecule is N#Cc1cc(F)c(-c2ccncc2)cc1F.N#Cc1cc(F)c(Br)cc1F.OB(O)c1ccncc1. The van der Waals surface area contributed by atoms with Crippen molar-refractivity contribution in [1.29, 1.82) is 10.5 Å². The van der Waals surface area contributed by atoms with Crippen LogP contribution in [0.15, 0.2) is 77.8 Å². The first-order valence-electron chi connectivity index (χ1n) is 9.78. The van der Waals surface area contributed by atoms with E-state index in [1.165, 1.54) is 30.9 Å². The summed E-state index contributed by atoms with van der Waals surface area (Å²) in [6.45, 7) is 0. The van der Waals surface area contributed by atoms with Crippen molar-refractivity contribution in [3.05, 3.63) is 112 Å². The van der Waals surface area contributed by atoms with Crippen LogP contribution in [0.5, 0.6) is 0 Å². The fraction of sp³-hybridized carbons (Fsp3) is 0. The van der Waals surface area contributed by atoms with Gasteiger partial charge in [-0.25, -0.2) is 17.6 Å². The molecular formula is C24H14BBrF4N4O2. The predicted molar refractivity (Wildman–Crippen MR) is 127 cm³/mol. The van der Waals surface area contributed by atoms with Gasteiger partial charge in [0, 0.05) is 30.4 Å². The van der Waals surface area contributed by atoms with Gasteiger partial charge in [0.15, 0.2) is 0 Å². The molecule has 0 aliphatic rings. The maximum absolute atomic E-state index is 13.6. The first kappa shape index (κ1) is 28.1. The van der Waals surface area contributed by atoms with E-state index in [2.05, 4.69) is 25.9 Å². The Hall–Kier alpha value is -4.10. The Morgan fingerprint density at radius 1 is 0.694 bits per heavy atom. The highest BCUT2D eigenvalue weighted by molar-refractivity contribution is 9.10. The molecule has 4 aromatic rings. The van der Waals surface area contributed by atoms with Crippen molar-refractivity contribution in [2.24, 2.45) is 0 Å². The molecule has 0 atom stereocenters. The maximum Gasteiger partial charge on any atom is 0.488 e. The predicted octanol–water partition coefficient (Wildman–Crippen LogP) is 4.26. The first-order valence-corrected chi connectivity index (χ1v) is 10.6. The van der Waals surface area contributed by atoms with Crippen LogP contribution in [0.2, 0.25) is 0 Å². The molecule has 0 amide bonds. The van der Waals surface area contributed by atoms with Gasteiger partial charge < -0.3 is 10.0 Å². The molecule has 4 rings (SSSR count). The molecule has 2 heterocycles. The number of nitrogens with zero attached hydrogens (tertiary/aromatic N) is 4. The van der Waals surface area contributed by atoms with E-state index < -0.39 is 30.4 Å². The molecule has 0 unspecified atom stereocenters. The van der Waals surface area contributed by atoms with E-state index >= 15 is 0 Å². The summed E-state index contributed by atoms with van der Waals surface area (Å²) in [5.41, 5.74) is 0.529. The Morgan fingerprint density at radius 2 is 1.17 bits per heavy atom. The summed E-state index contributed by atoms with van der Waals surface area (Å²) in [5, 5.41) is 33.9. The molecule has 0 saturated heterocycles. The Morgan fingerprint density at radius 3 is 1.64 bits per heavy atom. The summed E-state index contributed by atoms with van der Waals surface area (Å²) in [7, 11) is -1.38. The third-order valence-corrected chi connectivity index (χ3v) is 4.91. The van der Waals surface area contributed by atoms with Crippen molar-refractivity contribution in [3.8, 4) is 23.3 Å². The minimum absolute atomic E-state index is 0.0222. The average Bonchev–Trinajstić information content (AvgIpc) is 2.89. The minimum Gasteiger partial charge on any atom is -0.423 e. The van der Waals surface area contributed by atoms with Gasteiger partial charge in [-0.2, -0.15) is 10.5 Å². The van der Waals surface area contributed by atoms with Gasteiger partial charge in [-0.05, 0) is 75.5 Å². The topological polar surface area (TPSA) is 114 Å². The second-order valence-corrected chi connectivity index (χ2v) is 7.53. The van der Waals surface area contributed by atoms with E-state index in [9.17, 15) is 17.6 Å². The van der Waals surface area contributed by atoms with Crippen molar-refractivity contribution in [3.63, 3.8) is 0 Å². The molecule has 0 fully saturated rings. The van der Waals surface area contributed by atoms with Crippen molar-refractivity contribution in [2.45, 2.75) is 0 Å². The smallest absolute Gasteiger partial charge is 0.423 e. The highest BCUT2D eigenvalue weighted by Crippen LogP contribution is 2.24. The fourth-order valence-electron chi connectivity index (χ4n) is 2.53. The van der Waals surface area contributed by atoms with Gasteiger partial charge in [0.1, 0.15) is 35.4 Å². The summed E-state index contributed by atoms with van der Waals surface area (Å²) in [5.74, 6) is -2.71. The van der Waals surface area contributed by atoms with E-state index in [0.29, 0.717) is 11.0 Å². The highest BCUT2D eigenvalue weighted by Gasteiger charge is 2.11. The monoisotopic (exact) mass is 556 g/mol. The molecular weight excluding hydrogens is 543 g/mol. The molecule has 0 radical (unpaired) electrons. The van der Waals surface area contributed by atoms with Crippen LogP contribution < -0.4 is 5.46 Å². The molecule has 2 aromatic carbocycles. The molecule has 2 aromatic heterocycles. The fourth-order valence-corrected chi connectivity index (χ4v) is 2.84. The zero-order valence-corrected chi connectivity index (χ0v) is 19.7. The van der Waals surface area contributed by atoms with Crippen molar-refractivity contribution >= 4 is 28.5 Å².